The summed E-state index contributed by atoms with van der Waals surface area (Å²) >= 11 is 0. The molecule has 7 rings (SSSR count). The maximum absolute atomic E-state index is 11.4. The van der Waals surface area contributed by atoms with Crippen LogP contribution in [0.5, 0.6) is 23.0 Å². The van der Waals surface area contributed by atoms with Gasteiger partial charge in [-0.1, -0.05) is 140 Å². The molecule has 6 nitrogen and oxygen atoms in total. The van der Waals surface area contributed by atoms with Crippen LogP contribution in [-0.4, -0.2) is 26.2 Å². The quantitative estimate of drug-likeness (QED) is 0.0744. The second-order valence-corrected chi connectivity index (χ2v) is 13.7. The summed E-state index contributed by atoms with van der Waals surface area (Å²) in [6.07, 6.45) is 0. The van der Waals surface area contributed by atoms with Crippen molar-refractivity contribution in [1.29, 1.82) is 0 Å². The van der Waals surface area contributed by atoms with Crippen molar-refractivity contribution in [2.75, 3.05) is 14.2 Å². The Labute approximate surface area is 335 Å². The van der Waals surface area contributed by atoms with Gasteiger partial charge in [-0.2, -0.15) is 0 Å². The van der Waals surface area contributed by atoms with E-state index in [4.69, 9.17) is 18.9 Å². The van der Waals surface area contributed by atoms with Gasteiger partial charge in [-0.05, 0) is 94.4 Å². The van der Waals surface area contributed by atoms with E-state index >= 15 is 0 Å². The smallest absolute Gasteiger partial charge is 0.308 e. The van der Waals surface area contributed by atoms with Crippen LogP contribution in [0.15, 0.2) is 188 Å². The van der Waals surface area contributed by atoms with Crippen molar-refractivity contribution in [3.63, 3.8) is 0 Å². The highest BCUT2D eigenvalue weighted by Gasteiger charge is 2.38. The van der Waals surface area contributed by atoms with E-state index < -0.39 is 5.41 Å². The molecule has 0 heterocycles. The number of hydrogen-bond acceptors (Lipinski definition) is 6. The highest BCUT2D eigenvalue weighted by Crippen LogP contribution is 2.46. The monoisotopic (exact) mass is 754 g/mol. The number of hydrogen-bond donors (Lipinski definition) is 0. The van der Waals surface area contributed by atoms with E-state index in [0.717, 1.165) is 44.9 Å². The molecule has 6 heteroatoms. The maximum Gasteiger partial charge on any atom is 0.308 e. The first-order valence-electron chi connectivity index (χ1n) is 18.7. The molecule has 0 spiro atoms. The fourth-order valence-electron chi connectivity index (χ4n) is 7.37. The van der Waals surface area contributed by atoms with Gasteiger partial charge in [0.1, 0.15) is 23.0 Å². The van der Waals surface area contributed by atoms with Crippen molar-refractivity contribution >= 4 is 11.9 Å². The summed E-state index contributed by atoms with van der Waals surface area (Å²) in [5, 5.41) is 0. The van der Waals surface area contributed by atoms with Gasteiger partial charge in [0.15, 0.2) is 0 Å². The van der Waals surface area contributed by atoms with Gasteiger partial charge in [0.2, 0.25) is 0 Å². The zero-order chi connectivity index (χ0) is 40.3. The third-order valence-corrected chi connectivity index (χ3v) is 10.2. The second kappa shape index (κ2) is 18.1. The lowest BCUT2D eigenvalue weighted by molar-refractivity contribution is -0.132. The summed E-state index contributed by atoms with van der Waals surface area (Å²) < 4.78 is 21.1. The number of carbonyl (C=O) groups excluding carboxylic acids is 2. The first-order chi connectivity index (χ1) is 27.7. The van der Waals surface area contributed by atoms with Crippen molar-refractivity contribution in [2.45, 2.75) is 31.6 Å². The Morgan fingerprint density at radius 2 is 0.596 bits per heavy atom. The molecule has 0 aliphatic heterocycles. The Morgan fingerprint density at radius 1 is 0.351 bits per heavy atom. The van der Waals surface area contributed by atoms with Crippen molar-refractivity contribution in [2.24, 2.45) is 0 Å². The van der Waals surface area contributed by atoms with Crippen molar-refractivity contribution in [1.82, 2.24) is 0 Å². The molecule has 7 aromatic rings. The Bertz CT molecular complexity index is 2300. The van der Waals surface area contributed by atoms with Crippen LogP contribution >= 0.6 is 0 Å². The summed E-state index contributed by atoms with van der Waals surface area (Å²) in [5.74, 6) is 2.06. The predicted molar refractivity (Wildman–Crippen MR) is 225 cm³/mol. The Kier molecular flexibility index (Phi) is 12.7. The molecule has 0 aromatic heterocycles. The molecule has 0 fully saturated rings. The van der Waals surface area contributed by atoms with Gasteiger partial charge in [0.05, 0.1) is 19.6 Å². The van der Waals surface area contributed by atoms with E-state index in [-0.39, 0.29) is 17.4 Å². The van der Waals surface area contributed by atoms with Gasteiger partial charge < -0.3 is 18.9 Å². The molecule has 0 bridgehead atoms. The first-order valence-corrected chi connectivity index (χ1v) is 18.7. The van der Waals surface area contributed by atoms with E-state index in [1.807, 2.05) is 103 Å². The standard InChI is InChI=1S/C28H24O3.C23H22O3/c1-21(29)31-27-19-15-25(16-20-27)28(22-9-5-3-6-10-22,23-11-7-4-8-12-23)24-13-17-26(30-2)18-14-24;1-17(24)26-22-15-11-20(12-16-22)23(2,18-7-5-4-6-8-18)19-9-13-21(25-3)14-10-19/h3-20H,1-2H3;4-16H,1-3H3. The molecule has 1 atom stereocenters. The summed E-state index contributed by atoms with van der Waals surface area (Å²) in [6, 6.07) is 63.0. The van der Waals surface area contributed by atoms with Crippen LogP contribution in [0.3, 0.4) is 0 Å². The van der Waals surface area contributed by atoms with E-state index in [0.29, 0.717) is 11.5 Å². The Hall–Kier alpha value is -6.92. The average Bonchev–Trinajstić information content (AvgIpc) is 3.25. The zero-order valence-electron chi connectivity index (χ0n) is 32.8. The number of rotatable bonds is 11. The van der Waals surface area contributed by atoms with Crippen LogP contribution in [0.1, 0.15) is 59.7 Å². The average molecular weight is 755 g/mol. The molecule has 57 heavy (non-hydrogen) atoms. The number of esters is 2. The van der Waals surface area contributed by atoms with E-state index in [9.17, 15) is 9.59 Å². The molecule has 0 N–H and O–H groups in total. The normalized spacial score (nSPS) is 11.9. The zero-order valence-corrected chi connectivity index (χ0v) is 32.8. The van der Waals surface area contributed by atoms with Crippen molar-refractivity contribution in [3.8, 4) is 23.0 Å². The molecule has 7 aromatic carbocycles. The number of benzene rings is 7. The van der Waals surface area contributed by atoms with Gasteiger partial charge in [0.25, 0.3) is 0 Å². The Balaban J connectivity index is 0.000000196. The second-order valence-electron chi connectivity index (χ2n) is 13.7. The van der Waals surface area contributed by atoms with E-state index in [2.05, 4.69) is 91.9 Å². The molecule has 286 valence electrons. The van der Waals surface area contributed by atoms with Crippen LogP contribution in [0, 0.1) is 0 Å². The molecule has 0 aliphatic carbocycles. The minimum atomic E-state index is -0.552. The molecular weight excluding hydrogens is 709 g/mol. The van der Waals surface area contributed by atoms with Gasteiger partial charge in [-0.25, -0.2) is 0 Å². The third kappa shape index (κ3) is 8.82. The topological polar surface area (TPSA) is 71.1 Å². The van der Waals surface area contributed by atoms with Crippen LogP contribution in [0.2, 0.25) is 0 Å². The fraction of sp³-hybridized carbons (Fsp3) is 0.137. The molecule has 0 aliphatic rings. The lowest BCUT2D eigenvalue weighted by Gasteiger charge is -2.37. The van der Waals surface area contributed by atoms with Crippen molar-refractivity contribution < 1.29 is 28.5 Å². The lowest BCUT2D eigenvalue weighted by atomic mass is 9.65. The van der Waals surface area contributed by atoms with Crippen molar-refractivity contribution in [3.05, 3.63) is 227 Å². The summed E-state index contributed by atoms with van der Waals surface area (Å²) in [5.41, 5.74) is 7.04. The lowest BCUT2D eigenvalue weighted by Crippen LogP contribution is -2.31. The highest BCUT2D eigenvalue weighted by molar-refractivity contribution is 5.70. The van der Waals surface area contributed by atoms with Gasteiger partial charge in [-0.15, -0.1) is 0 Å². The molecule has 0 saturated carbocycles. The minimum Gasteiger partial charge on any atom is -0.497 e. The summed E-state index contributed by atoms with van der Waals surface area (Å²) in [4.78, 5) is 22.6. The molecule has 0 amide bonds. The highest BCUT2D eigenvalue weighted by atomic mass is 16.5. The van der Waals surface area contributed by atoms with Crippen LogP contribution < -0.4 is 18.9 Å². The van der Waals surface area contributed by atoms with Crippen LogP contribution in [0.25, 0.3) is 0 Å². The molecular formula is C51H46O6. The molecule has 0 radical (unpaired) electrons. The number of methoxy groups -OCH3 is 2. The van der Waals surface area contributed by atoms with E-state index in [1.165, 1.54) is 19.4 Å². The third-order valence-electron chi connectivity index (χ3n) is 10.2. The minimum absolute atomic E-state index is 0.321. The van der Waals surface area contributed by atoms with Crippen LogP contribution in [0.4, 0.5) is 0 Å². The summed E-state index contributed by atoms with van der Waals surface area (Å²) in [6.45, 7) is 5.01. The van der Waals surface area contributed by atoms with E-state index in [1.54, 1.807) is 14.2 Å². The fourth-order valence-corrected chi connectivity index (χ4v) is 7.37. The van der Waals surface area contributed by atoms with Crippen LogP contribution in [-0.2, 0) is 20.4 Å². The van der Waals surface area contributed by atoms with Gasteiger partial charge in [-0.3, -0.25) is 9.59 Å². The largest absolute Gasteiger partial charge is 0.497 e. The number of ether oxygens (including phenoxy) is 4. The van der Waals surface area contributed by atoms with Gasteiger partial charge >= 0.3 is 11.9 Å². The SMILES string of the molecule is COc1ccc(C(C)(c2ccccc2)c2ccc(OC(C)=O)cc2)cc1.COc1ccc(C(c2ccccc2)(c2ccccc2)c2ccc(OC(C)=O)cc2)cc1. The predicted octanol–water partition coefficient (Wildman–Crippen LogP) is 11.0. The first kappa shape index (κ1) is 39.8. The summed E-state index contributed by atoms with van der Waals surface area (Å²) in [7, 11) is 3.34. The molecule has 0 saturated heterocycles. The maximum atomic E-state index is 11.4. The van der Waals surface area contributed by atoms with Gasteiger partial charge in [0, 0.05) is 19.3 Å². The number of carbonyl (C=O) groups is 2. The Morgan fingerprint density at radius 3 is 0.895 bits per heavy atom. The molecule has 1 unspecified atom stereocenters.